The van der Waals surface area contributed by atoms with Crippen LogP contribution in [0.15, 0.2) is 56.9 Å². The molecule has 2 amide bonds. The van der Waals surface area contributed by atoms with Gasteiger partial charge in [0.25, 0.3) is 20.9 Å². The fraction of sp³-hybridized carbons (Fsp3) is 0.320. The monoisotopic (exact) mass is 530 g/mol. The Hall–Kier alpha value is -3.37. The summed E-state index contributed by atoms with van der Waals surface area (Å²) in [5.74, 6) is 0. The van der Waals surface area contributed by atoms with E-state index in [4.69, 9.17) is 11.6 Å². The predicted molar refractivity (Wildman–Crippen MR) is 141 cm³/mol. The summed E-state index contributed by atoms with van der Waals surface area (Å²) < 4.78 is 27.6. The summed E-state index contributed by atoms with van der Waals surface area (Å²) in [5.41, 5.74) is 0.551. The molecule has 0 unspecified atom stereocenters. The van der Waals surface area contributed by atoms with Gasteiger partial charge in [-0.2, -0.15) is 0 Å². The molecule has 1 aliphatic rings. The number of sulfonamides is 1. The van der Waals surface area contributed by atoms with Crippen LogP contribution in [-0.4, -0.2) is 26.5 Å². The van der Waals surface area contributed by atoms with Gasteiger partial charge in [-0.1, -0.05) is 35.4 Å². The summed E-state index contributed by atoms with van der Waals surface area (Å²) in [6.45, 7) is 3.71. The SMILES string of the molecule is Cc1ccc(S(=O)(=O)Nc2c(NC3CCC(NC(=O)Nc4ccc(C)c(Cl)c4)CC3)c(=O)c2=O)cc1. The molecule has 3 aromatic carbocycles. The Kier molecular flexibility index (Phi) is 7.37. The third-order valence-corrected chi connectivity index (χ3v) is 8.09. The molecule has 0 bridgehead atoms. The number of halogens is 1. The molecule has 0 aliphatic heterocycles. The highest BCUT2D eigenvalue weighted by atomic mass is 35.5. The molecule has 1 fully saturated rings. The number of benzene rings is 2. The molecule has 1 aliphatic carbocycles. The highest BCUT2D eigenvalue weighted by Gasteiger charge is 2.29. The van der Waals surface area contributed by atoms with E-state index < -0.39 is 20.9 Å². The van der Waals surface area contributed by atoms with Crippen molar-refractivity contribution in [1.29, 1.82) is 0 Å². The van der Waals surface area contributed by atoms with E-state index >= 15 is 0 Å². The van der Waals surface area contributed by atoms with Gasteiger partial charge >= 0.3 is 6.03 Å². The van der Waals surface area contributed by atoms with Crippen LogP contribution in [0.25, 0.3) is 0 Å². The number of hydrogen-bond acceptors (Lipinski definition) is 6. The van der Waals surface area contributed by atoms with Gasteiger partial charge in [-0.15, -0.1) is 0 Å². The van der Waals surface area contributed by atoms with E-state index in [1.807, 2.05) is 19.9 Å². The predicted octanol–water partition coefficient (Wildman–Crippen LogP) is 3.90. The highest BCUT2D eigenvalue weighted by Crippen LogP contribution is 2.26. The van der Waals surface area contributed by atoms with E-state index in [0.717, 1.165) is 11.1 Å². The summed E-state index contributed by atoms with van der Waals surface area (Å²) >= 11 is 6.10. The fourth-order valence-corrected chi connectivity index (χ4v) is 5.40. The van der Waals surface area contributed by atoms with Gasteiger partial charge in [-0.05, 0) is 69.4 Å². The molecule has 3 aromatic rings. The second-order valence-electron chi connectivity index (χ2n) is 9.08. The lowest BCUT2D eigenvalue weighted by Gasteiger charge is -2.31. The highest BCUT2D eigenvalue weighted by molar-refractivity contribution is 7.92. The van der Waals surface area contributed by atoms with Crippen LogP contribution in [0.2, 0.25) is 5.02 Å². The number of carbonyl (C=O) groups excluding carboxylic acids is 1. The van der Waals surface area contributed by atoms with Crippen LogP contribution < -0.4 is 31.5 Å². The van der Waals surface area contributed by atoms with E-state index in [2.05, 4.69) is 20.7 Å². The maximum atomic E-state index is 12.7. The van der Waals surface area contributed by atoms with Crippen LogP contribution in [0.1, 0.15) is 36.8 Å². The number of aryl methyl sites for hydroxylation is 2. The van der Waals surface area contributed by atoms with E-state index in [9.17, 15) is 22.8 Å². The van der Waals surface area contributed by atoms with Crippen LogP contribution in [0, 0.1) is 13.8 Å². The minimum Gasteiger partial charge on any atom is -0.377 e. The third kappa shape index (κ3) is 5.71. The minimum atomic E-state index is -4.00. The van der Waals surface area contributed by atoms with Crippen molar-refractivity contribution in [3.8, 4) is 0 Å². The summed E-state index contributed by atoms with van der Waals surface area (Å²) in [6.07, 6.45) is 2.56. The van der Waals surface area contributed by atoms with Crippen molar-refractivity contribution in [3.63, 3.8) is 0 Å². The second-order valence-corrected chi connectivity index (χ2v) is 11.2. The van der Waals surface area contributed by atoms with Crippen molar-refractivity contribution >= 4 is 44.7 Å². The Balaban J connectivity index is 1.32. The second kappa shape index (κ2) is 10.3. The van der Waals surface area contributed by atoms with Crippen LogP contribution in [0.4, 0.5) is 21.9 Å². The topological polar surface area (TPSA) is 133 Å². The summed E-state index contributed by atoms with van der Waals surface area (Å²) in [5, 5.41) is 9.31. The van der Waals surface area contributed by atoms with Crippen molar-refractivity contribution in [2.45, 2.75) is 56.5 Å². The number of carbonyl (C=O) groups is 1. The Bertz CT molecular complexity index is 1460. The molecule has 0 radical (unpaired) electrons. The average Bonchev–Trinajstić information content (AvgIpc) is 2.84. The number of rotatable bonds is 7. The Morgan fingerprint density at radius 2 is 1.50 bits per heavy atom. The van der Waals surface area contributed by atoms with Crippen LogP contribution in [0.5, 0.6) is 0 Å². The minimum absolute atomic E-state index is 0.00451. The normalized spacial score (nSPS) is 18.0. The van der Waals surface area contributed by atoms with Crippen molar-refractivity contribution in [2.24, 2.45) is 0 Å². The van der Waals surface area contributed by atoms with Gasteiger partial charge in [0, 0.05) is 22.8 Å². The van der Waals surface area contributed by atoms with Crippen LogP contribution >= 0.6 is 11.6 Å². The zero-order valence-corrected chi connectivity index (χ0v) is 21.4. The molecule has 0 aromatic heterocycles. The molecule has 0 heterocycles. The molecular formula is C25H27ClN4O5S. The molecule has 1 saturated carbocycles. The first-order chi connectivity index (χ1) is 17.0. The van der Waals surface area contributed by atoms with Gasteiger partial charge in [0.2, 0.25) is 0 Å². The maximum absolute atomic E-state index is 12.7. The average molecular weight is 531 g/mol. The van der Waals surface area contributed by atoms with Crippen molar-refractivity contribution < 1.29 is 13.2 Å². The summed E-state index contributed by atoms with van der Waals surface area (Å²) in [7, 11) is -4.00. The Labute approximate surface area is 214 Å². The number of amides is 2. The van der Waals surface area contributed by atoms with Crippen LogP contribution in [0.3, 0.4) is 0 Å². The molecule has 0 spiro atoms. The van der Waals surface area contributed by atoms with Gasteiger partial charge < -0.3 is 16.0 Å². The summed E-state index contributed by atoms with van der Waals surface area (Å²) in [4.78, 5) is 36.6. The van der Waals surface area contributed by atoms with Crippen molar-refractivity contribution in [3.05, 3.63) is 79.1 Å². The van der Waals surface area contributed by atoms with E-state index in [0.29, 0.717) is 36.4 Å². The Morgan fingerprint density at radius 1 is 0.889 bits per heavy atom. The molecule has 0 atom stereocenters. The van der Waals surface area contributed by atoms with Gasteiger partial charge in [-0.25, -0.2) is 13.2 Å². The third-order valence-electron chi connectivity index (χ3n) is 6.32. The van der Waals surface area contributed by atoms with E-state index in [-0.39, 0.29) is 34.4 Å². The first-order valence-corrected chi connectivity index (χ1v) is 13.4. The van der Waals surface area contributed by atoms with Gasteiger partial charge in [-0.3, -0.25) is 14.3 Å². The fourth-order valence-electron chi connectivity index (χ4n) is 4.15. The van der Waals surface area contributed by atoms with Gasteiger partial charge in [0.05, 0.1) is 4.90 Å². The van der Waals surface area contributed by atoms with Gasteiger partial charge in [0.15, 0.2) is 0 Å². The number of nitrogens with one attached hydrogen (secondary N) is 4. The molecule has 36 heavy (non-hydrogen) atoms. The van der Waals surface area contributed by atoms with E-state index in [1.54, 1.807) is 24.3 Å². The molecule has 4 rings (SSSR count). The molecule has 190 valence electrons. The smallest absolute Gasteiger partial charge is 0.319 e. The zero-order valence-electron chi connectivity index (χ0n) is 19.9. The van der Waals surface area contributed by atoms with Gasteiger partial charge in [0.1, 0.15) is 11.4 Å². The lowest BCUT2D eigenvalue weighted by Crippen LogP contribution is -2.44. The number of anilines is 3. The summed E-state index contributed by atoms with van der Waals surface area (Å²) in [6, 6.07) is 10.9. The lowest BCUT2D eigenvalue weighted by molar-refractivity contribution is 0.243. The molecular weight excluding hydrogens is 504 g/mol. The first-order valence-electron chi connectivity index (χ1n) is 11.6. The quantitative estimate of drug-likeness (QED) is 0.342. The zero-order chi connectivity index (χ0) is 26.0. The molecule has 11 heteroatoms. The molecule has 9 nitrogen and oxygen atoms in total. The number of urea groups is 1. The standard InChI is InChI=1S/C25H27ClN4O5S/c1-14-3-11-19(12-4-14)36(34,35)30-22-21(23(31)24(22)32)27-16-7-9-17(10-8-16)28-25(33)29-18-6-5-15(2)20(26)13-18/h3-6,11-13,16-17,27,30H,7-10H2,1-2H3,(H2,28,29,33). The molecule has 4 N–H and O–H groups in total. The van der Waals surface area contributed by atoms with Crippen molar-refractivity contribution in [2.75, 3.05) is 15.4 Å². The van der Waals surface area contributed by atoms with E-state index in [1.165, 1.54) is 12.1 Å². The lowest BCUT2D eigenvalue weighted by atomic mass is 9.91. The molecule has 0 saturated heterocycles. The Morgan fingerprint density at radius 3 is 2.14 bits per heavy atom. The largest absolute Gasteiger partial charge is 0.377 e. The first kappa shape index (κ1) is 25.7. The van der Waals surface area contributed by atoms with Crippen LogP contribution in [-0.2, 0) is 10.0 Å². The van der Waals surface area contributed by atoms with Crippen molar-refractivity contribution in [1.82, 2.24) is 5.32 Å². The maximum Gasteiger partial charge on any atom is 0.319 e. The number of hydrogen-bond donors (Lipinski definition) is 4.